The highest BCUT2D eigenvalue weighted by Gasteiger charge is 2.03. The monoisotopic (exact) mass is 300 g/mol. The van der Waals surface area contributed by atoms with Crippen molar-refractivity contribution in [3.8, 4) is 0 Å². The van der Waals surface area contributed by atoms with Crippen LogP contribution in [0.2, 0.25) is 0 Å². The molecule has 6 nitrogen and oxygen atoms in total. The summed E-state index contributed by atoms with van der Waals surface area (Å²) in [5, 5.41) is 14.3. The first kappa shape index (κ1) is 16.0. The quantitative estimate of drug-likeness (QED) is 0.780. The summed E-state index contributed by atoms with van der Waals surface area (Å²) in [5.41, 5.74) is 2.17. The fourth-order valence-electron chi connectivity index (χ4n) is 2.17. The van der Waals surface area contributed by atoms with Crippen LogP contribution in [0, 0.1) is 0 Å². The second-order valence-electron chi connectivity index (χ2n) is 4.94. The van der Waals surface area contributed by atoms with Crippen LogP contribution in [0.5, 0.6) is 0 Å². The average Bonchev–Trinajstić information content (AvgIpc) is 2.56. The number of hydrogen-bond donors (Lipinski definition) is 2. The molecule has 0 atom stereocenters. The Labute approximate surface area is 132 Å². The number of nitrogens with zero attached hydrogens (tertiary/aromatic N) is 4. The van der Waals surface area contributed by atoms with E-state index < -0.39 is 0 Å². The number of nitrogens with one attached hydrogen (secondary N) is 2. The average molecular weight is 300 g/mol. The highest BCUT2D eigenvalue weighted by Crippen LogP contribution is 2.19. The fourth-order valence-corrected chi connectivity index (χ4v) is 2.17. The summed E-state index contributed by atoms with van der Waals surface area (Å²) in [6.45, 7) is 9.30. The summed E-state index contributed by atoms with van der Waals surface area (Å²) in [5.74, 6) is 1.23. The maximum atomic E-state index is 4.39. The molecule has 0 fully saturated rings. The van der Waals surface area contributed by atoms with Gasteiger partial charge >= 0.3 is 0 Å². The molecular formula is C16H24N6. The highest BCUT2D eigenvalue weighted by atomic mass is 15.3. The van der Waals surface area contributed by atoms with Gasteiger partial charge in [-0.15, -0.1) is 5.10 Å². The van der Waals surface area contributed by atoms with Crippen molar-refractivity contribution in [1.82, 2.24) is 15.2 Å². The van der Waals surface area contributed by atoms with Crippen LogP contribution in [0.15, 0.2) is 30.5 Å². The molecule has 118 valence electrons. The molecule has 1 aromatic heterocycles. The Hall–Kier alpha value is -2.37. The van der Waals surface area contributed by atoms with E-state index >= 15 is 0 Å². The molecule has 0 amide bonds. The number of hydrogen-bond acceptors (Lipinski definition) is 6. The molecule has 0 aliphatic rings. The highest BCUT2D eigenvalue weighted by molar-refractivity contribution is 5.59. The first-order valence-electron chi connectivity index (χ1n) is 7.82. The van der Waals surface area contributed by atoms with Crippen molar-refractivity contribution < 1.29 is 0 Å². The van der Waals surface area contributed by atoms with Gasteiger partial charge in [0.1, 0.15) is 0 Å². The smallest absolute Gasteiger partial charge is 0.249 e. The predicted molar refractivity (Wildman–Crippen MR) is 91.9 cm³/mol. The summed E-state index contributed by atoms with van der Waals surface area (Å²) < 4.78 is 0. The van der Waals surface area contributed by atoms with E-state index in [-0.39, 0.29) is 0 Å². The summed E-state index contributed by atoms with van der Waals surface area (Å²) >= 11 is 0. The van der Waals surface area contributed by atoms with Crippen LogP contribution in [0.25, 0.3) is 0 Å². The molecular weight excluding hydrogens is 276 g/mol. The third kappa shape index (κ3) is 4.31. The largest absolute Gasteiger partial charge is 0.372 e. The lowest BCUT2D eigenvalue weighted by Crippen LogP contribution is -2.21. The van der Waals surface area contributed by atoms with Gasteiger partial charge in [-0.2, -0.15) is 10.1 Å². The molecule has 0 bridgehead atoms. The SMILES string of the molecule is CCCNc1cnnc(Nc2ccc(N(CC)CC)cc2)n1. The zero-order valence-electron chi connectivity index (χ0n) is 13.5. The van der Waals surface area contributed by atoms with Crippen molar-refractivity contribution in [3.05, 3.63) is 30.5 Å². The number of rotatable bonds is 8. The lowest BCUT2D eigenvalue weighted by molar-refractivity contribution is 0.866. The zero-order valence-corrected chi connectivity index (χ0v) is 13.5. The van der Waals surface area contributed by atoms with E-state index in [0.717, 1.165) is 37.6 Å². The van der Waals surface area contributed by atoms with E-state index in [2.05, 4.69) is 63.6 Å². The van der Waals surface area contributed by atoms with Gasteiger partial charge in [-0.1, -0.05) is 6.92 Å². The minimum Gasteiger partial charge on any atom is -0.372 e. The fraction of sp³-hybridized carbons (Fsp3) is 0.438. The summed E-state index contributed by atoms with van der Waals surface area (Å²) in [6.07, 6.45) is 2.67. The van der Waals surface area contributed by atoms with Crippen molar-refractivity contribution in [2.75, 3.05) is 35.2 Å². The van der Waals surface area contributed by atoms with Gasteiger partial charge in [0.05, 0.1) is 6.20 Å². The van der Waals surface area contributed by atoms with E-state index in [0.29, 0.717) is 5.95 Å². The van der Waals surface area contributed by atoms with E-state index in [1.807, 2.05) is 12.1 Å². The molecule has 1 aromatic carbocycles. The molecule has 0 saturated heterocycles. The molecule has 0 radical (unpaired) electrons. The van der Waals surface area contributed by atoms with Gasteiger partial charge in [0, 0.05) is 31.0 Å². The minimum absolute atomic E-state index is 0.497. The standard InChI is InChI=1S/C16H24N6/c1-4-11-17-15-12-18-21-16(20-15)19-13-7-9-14(10-8-13)22(5-2)6-3/h7-10,12H,4-6,11H2,1-3H3,(H2,17,19,20,21). The topological polar surface area (TPSA) is 66.0 Å². The maximum absolute atomic E-state index is 4.39. The molecule has 1 heterocycles. The third-order valence-electron chi connectivity index (χ3n) is 3.37. The Bertz CT molecular complexity index is 565. The Morgan fingerprint density at radius 1 is 1.05 bits per heavy atom. The Balaban J connectivity index is 2.04. The summed E-state index contributed by atoms with van der Waals surface area (Å²) in [4.78, 5) is 6.69. The first-order chi connectivity index (χ1) is 10.8. The van der Waals surface area contributed by atoms with E-state index in [4.69, 9.17) is 0 Å². The van der Waals surface area contributed by atoms with Crippen LogP contribution in [0.1, 0.15) is 27.2 Å². The number of aromatic nitrogens is 3. The number of benzene rings is 1. The van der Waals surface area contributed by atoms with Crippen LogP contribution < -0.4 is 15.5 Å². The maximum Gasteiger partial charge on any atom is 0.249 e. The molecule has 0 saturated carbocycles. The van der Waals surface area contributed by atoms with Crippen LogP contribution >= 0.6 is 0 Å². The van der Waals surface area contributed by atoms with E-state index in [9.17, 15) is 0 Å². The summed E-state index contributed by atoms with van der Waals surface area (Å²) in [6, 6.07) is 8.26. The van der Waals surface area contributed by atoms with Crippen molar-refractivity contribution in [1.29, 1.82) is 0 Å². The van der Waals surface area contributed by atoms with Gasteiger partial charge in [0.2, 0.25) is 5.95 Å². The second-order valence-corrected chi connectivity index (χ2v) is 4.94. The van der Waals surface area contributed by atoms with E-state index in [1.165, 1.54) is 5.69 Å². The third-order valence-corrected chi connectivity index (χ3v) is 3.37. The number of anilines is 4. The summed E-state index contributed by atoms with van der Waals surface area (Å²) in [7, 11) is 0. The molecule has 6 heteroatoms. The van der Waals surface area contributed by atoms with Gasteiger partial charge in [-0.3, -0.25) is 0 Å². The molecule has 0 aliphatic heterocycles. The molecule has 0 aliphatic carbocycles. The lowest BCUT2D eigenvalue weighted by atomic mass is 10.2. The molecule has 22 heavy (non-hydrogen) atoms. The van der Waals surface area contributed by atoms with Crippen molar-refractivity contribution >= 4 is 23.1 Å². The molecule has 0 unspecified atom stereocenters. The van der Waals surface area contributed by atoms with Gasteiger partial charge in [0.25, 0.3) is 0 Å². The predicted octanol–water partition coefficient (Wildman–Crippen LogP) is 3.28. The molecule has 0 spiro atoms. The van der Waals surface area contributed by atoms with Crippen LogP contribution in [-0.2, 0) is 0 Å². The normalized spacial score (nSPS) is 10.3. The Morgan fingerprint density at radius 3 is 2.41 bits per heavy atom. The Morgan fingerprint density at radius 2 is 1.77 bits per heavy atom. The van der Waals surface area contributed by atoms with Gasteiger partial charge in [-0.25, -0.2) is 0 Å². The zero-order chi connectivity index (χ0) is 15.8. The van der Waals surface area contributed by atoms with Crippen molar-refractivity contribution in [2.24, 2.45) is 0 Å². The van der Waals surface area contributed by atoms with Crippen molar-refractivity contribution in [2.45, 2.75) is 27.2 Å². The van der Waals surface area contributed by atoms with Gasteiger partial charge < -0.3 is 15.5 Å². The van der Waals surface area contributed by atoms with Crippen LogP contribution in [0.4, 0.5) is 23.1 Å². The van der Waals surface area contributed by atoms with E-state index in [1.54, 1.807) is 6.20 Å². The molecule has 2 N–H and O–H groups in total. The first-order valence-corrected chi connectivity index (χ1v) is 7.82. The lowest BCUT2D eigenvalue weighted by Gasteiger charge is -2.21. The van der Waals surface area contributed by atoms with Gasteiger partial charge in [0.15, 0.2) is 5.82 Å². The molecule has 2 aromatic rings. The van der Waals surface area contributed by atoms with Crippen molar-refractivity contribution in [3.63, 3.8) is 0 Å². The molecule has 2 rings (SSSR count). The van der Waals surface area contributed by atoms with Crippen LogP contribution in [-0.4, -0.2) is 34.8 Å². The minimum atomic E-state index is 0.497. The van der Waals surface area contributed by atoms with Gasteiger partial charge in [-0.05, 0) is 44.5 Å². The second kappa shape index (κ2) is 8.17. The van der Waals surface area contributed by atoms with Crippen LogP contribution in [0.3, 0.4) is 0 Å². The Kier molecular flexibility index (Phi) is 5.94.